The van der Waals surface area contributed by atoms with Crippen molar-refractivity contribution in [3.63, 3.8) is 0 Å². The van der Waals surface area contributed by atoms with Crippen molar-refractivity contribution in [3.05, 3.63) is 12.2 Å². The highest BCUT2D eigenvalue weighted by molar-refractivity contribution is 7.99. The van der Waals surface area contributed by atoms with Crippen LogP contribution in [0.3, 0.4) is 0 Å². The van der Waals surface area contributed by atoms with Crippen LogP contribution >= 0.6 is 11.8 Å². The molecule has 0 aliphatic carbocycles. The number of rotatable bonds is 6. The highest BCUT2D eigenvalue weighted by Gasteiger charge is 2.19. The van der Waals surface area contributed by atoms with Crippen LogP contribution < -0.4 is 5.73 Å². The summed E-state index contributed by atoms with van der Waals surface area (Å²) in [5.41, 5.74) is 6.72. The highest BCUT2D eigenvalue weighted by atomic mass is 32.2. The molecule has 0 heterocycles. The maximum atomic E-state index is 5.54. The number of hydrogen-bond donors (Lipinski definition) is 1. The molecule has 0 aromatic heterocycles. The molecular formula is C11H23NS. The third kappa shape index (κ3) is 4.72. The van der Waals surface area contributed by atoms with E-state index in [4.69, 9.17) is 5.73 Å². The van der Waals surface area contributed by atoms with Gasteiger partial charge >= 0.3 is 0 Å². The average Bonchev–Trinajstić information content (AvgIpc) is 2.12. The van der Waals surface area contributed by atoms with E-state index in [1.807, 2.05) is 11.8 Å². The largest absolute Gasteiger partial charge is 0.327 e. The summed E-state index contributed by atoms with van der Waals surface area (Å²) in [6.07, 6.45) is 3.24. The smallest absolute Gasteiger partial charge is 0.0134 e. The molecule has 0 aromatic rings. The number of thioether (sulfide) groups is 1. The summed E-state index contributed by atoms with van der Waals surface area (Å²) in [4.78, 5) is 0. The summed E-state index contributed by atoms with van der Waals surface area (Å²) in [6.45, 7) is 11.5. The Morgan fingerprint density at radius 3 is 2.23 bits per heavy atom. The van der Waals surface area contributed by atoms with Crippen molar-refractivity contribution in [2.24, 2.45) is 17.6 Å². The Balaban J connectivity index is 4.09. The second kappa shape index (κ2) is 6.50. The molecule has 2 N–H and O–H groups in total. The molecule has 2 heteroatoms. The molecule has 78 valence electrons. The van der Waals surface area contributed by atoms with Crippen molar-refractivity contribution >= 4 is 11.8 Å². The van der Waals surface area contributed by atoms with Gasteiger partial charge in [0.25, 0.3) is 0 Å². The third-order valence-electron chi connectivity index (χ3n) is 2.72. The summed E-state index contributed by atoms with van der Waals surface area (Å²) in [6, 6.07) is 0. The van der Waals surface area contributed by atoms with Gasteiger partial charge in [0, 0.05) is 11.8 Å². The quantitative estimate of drug-likeness (QED) is 0.669. The first-order valence-corrected chi connectivity index (χ1v) is 6.21. The molecule has 0 aromatic carbocycles. The van der Waals surface area contributed by atoms with Gasteiger partial charge in [0.2, 0.25) is 0 Å². The van der Waals surface area contributed by atoms with Crippen LogP contribution in [-0.4, -0.2) is 18.1 Å². The van der Waals surface area contributed by atoms with Crippen LogP contribution in [0.2, 0.25) is 0 Å². The number of hydrogen-bond acceptors (Lipinski definition) is 2. The van der Waals surface area contributed by atoms with Crippen molar-refractivity contribution < 1.29 is 0 Å². The van der Waals surface area contributed by atoms with E-state index in [1.54, 1.807) is 0 Å². The van der Waals surface area contributed by atoms with Crippen molar-refractivity contribution in [3.8, 4) is 0 Å². The van der Waals surface area contributed by atoms with Gasteiger partial charge in [-0.15, -0.1) is 0 Å². The first-order valence-electron chi connectivity index (χ1n) is 4.92. The van der Waals surface area contributed by atoms with Gasteiger partial charge in [-0.2, -0.15) is 11.8 Å². The van der Waals surface area contributed by atoms with Gasteiger partial charge in [-0.25, -0.2) is 0 Å². The van der Waals surface area contributed by atoms with Gasteiger partial charge in [-0.1, -0.05) is 32.9 Å². The van der Waals surface area contributed by atoms with E-state index in [0.29, 0.717) is 11.8 Å². The molecule has 13 heavy (non-hydrogen) atoms. The van der Waals surface area contributed by atoms with Crippen molar-refractivity contribution in [1.82, 2.24) is 0 Å². The van der Waals surface area contributed by atoms with E-state index in [0.717, 1.165) is 18.3 Å². The van der Waals surface area contributed by atoms with Crippen LogP contribution in [0.5, 0.6) is 0 Å². The van der Waals surface area contributed by atoms with Crippen LogP contribution in [-0.2, 0) is 0 Å². The summed E-state index contributed by atoms with van der Waals surface area (Å²) in [5.74, 6) is 1.47. The molecule has 0 aliphatic heterocycles. The molecule has 1 nitrogen and oxygen atoms in total. The van der Waals surface area contributed by atoms with E-state index in [1.165, 1.54) is 5.57 Å². The molecule has 2 unspecified atom stereocenters. The minimum atomic E-state index is 0.627. The van der Waals surface area contributed by atoms with E-state index in [-0.39, 0.29) is 0 Å². The predicted octanol–water partition coefficient (Wildman–Crippen LogP) is 2.92. The Bertz CT molecular complexity index is 154. The minimum Gasteiger partial charge on any atom is -0.327 e. The Hall–Kier alpha value is 0.0500. The van der Waals surface area contributed by atoms with E-state index >= 15 is 0 Å². The van der Waals surface area contributed by atoms with Gasteiger partial charge in [0.1, 0.15) is 0 Å². The molecule has 0 radical (unpaired) electrons. The Morgan fingerprint density at radius 2 is 1.92 bits per heavy atom. The second-order valence-corrected chi connectivity index (χ2v) is 5.11. The Kier molecular flexibility index (Phi) is 6.52. The number of nitrogens with two attached hydrogens (primary N) is 1. The summed E-state index contributed by atoms with van der Waals surface area (Å²) in [5, 5.41) is 0.677. The fourth-order valence-corrected chi connectivity index (χ4v) is 2.43. The molecule has 0 spiro atoms. The zero-order chi connectivity index (χ0) is 10.4. The molecule has 0 amide bonds. The Morgan fingerprint density at radius 1 is 1.38 bits per heavy atom. The lowest BCUT2D eigenvalue weighted by atomic mass is 9.91. The van der Waals surface area contributed by atoms with Gasteiger partial charge in [-0.3, -0.25) is 0 Å². The molecule has 0 saturated carbocycles. The highest BCUT2D eigenvalue weighted by Crippen LogP contribution is 2.28. The fourth-order valence-electron chi connectivity index (χ4n) is 1.28. The lowest BCUT2D eigenvalue weighted by molar-refractivity contribution is 0.403. The fraction of sp³-hybridized carbons (Fsp3) is 0.818. The molecule has 0 fully saturated rings. The lowest BCUT2D eigenvalue weighted by Crippen LogP contribution is -2.21. The molecule has 0 bridgehead atoms. The third-order valence-corrected chi connectivity index (χ3v) is 3.92. The SMILES string of the molecule is C=C(CN)CC(SC)C(C)C(C)C. The first kappa shape index (κ1) is 13.1. The molecule has 0 saturated heterocycles. The van der Waals surface area contributed by atoms with Gasteiger partial charge in [0.05, 0.1) is 0 Å². The maximum Gasteiger partial charge on any atom is 0.0134 e. The monoisotopic (exact) mass is 201 g/mol. The molecule has 2 atom stereocenters. The topological polar surface area (TPSA) is 26.0 Å². The van der Waals surface area contributed by atoms with Crippen molar-refractivity contribution in [2.75, 3.05) is 12.8 Å². The second-order valence-electron chi connectivity index (χ2n) is 4.04. The van der Waals surface area contributed by atoms with E-state index in [2.05, 4.69) is 33.6 Å². The molecule has 0 aliphatic rings. The minimum absolute atomic E-state index is 0.627. The van der Waals surface area contributed by atoms with Crippen LogP contribution in [0.15, 0.2) is 12.2 Å². The zero-order valence-corrected chi connectivity index (χ0v) is 10.2. The van der Waals surface area contributed by atoms with Crippen molar-refractivity contribution in [1.29, 1.82) is 0 Å². The maximum absolute atomic E-state index is 5.54. The lowest BCUT2D eigenvalue weighted by Gasteiger charge is -2.25. The van der Waals surface area contributed by atoms with Gasteiger partial charge in [0.15, 0.2) is 0 Å². The molecular weight excluding hydrogens is 178 g/mol. The summed E-state index contributed by atoms with van der Waals surface area (Å²) < 4.78 is 0. The zero-order valence-electron chi connectivity index (χ0n) is 9.34. The Labute approximate surface area is 87.2 Å². The summed E-state index contributed by atoms with van der Waals surface area (Å²) in [7, 11) is 0. The average molecular weight is 201 g/mol. The molecule has 0 rings (SSSR count). The van der Waals surface area contributed by atoms with Crippen LogP contribution in [0.25, 0.3) is 0 Å². The van der Waals surface area contributed by atoms with E-state index < -0.39 is 0 Å². The van der Waals surface area contributed by atoms with Crippen molar-refractivity contribution in [2.45, 2.75) is 32.4 Å². The van der Waals surface area contributed by atoms with Gasteiger partial charge in [-0.05, 0) is 24.5 Å². The van der Waals surface area contributed by atoms with E-state index in [9.17, 15) is 0 Å². The van der Waals surface area contributed by atoms with Crippen LogP contribution in [0, 0.1) is 11.8 Å². The van der Waals surface area contributed by atoms with Crippen LogP contribution in [0.1, 0.15) is 27.2 Å². The summed E-state index contributed by atoms with van der Waals surface area (Å²) >= 11 is 1.93. The predicted molar refractivity (Wildman–Crippen MR) is 64.1 cm³/mol. The van der Waals surface area contributed by atoms with Crippen LogP contribution in [0.4, 0.5) is 0 Å². The van der Waals surface area contributed by atoms with Gasteiger partial charge < -0.3 is 5.73 Å². The first-order chi connectivity index (χ1) is 6.02. The normalized spacial score (nSPS) is 15.8. The standard InChI is InChI=1S/C11H23NS/c1-8(2)10(4)11(13-5)6-9(3)7-12/h8,10-11H,3,6-7,12H2,1-2,4-5H3.